The summed E-state index contributed by atoms with van der Waals surface area (Å²) in [6.07, 6.45) is 7.95. The number of imidazole rings is 1. The Morgan fingerprint density at radius 1 is 1.50 bits per heavy atom. The zero-order valence-corrected chi connectivity index (χ0v) is 11.9. The molecule has 1 aromatic heterocycles. The zero-order valence-electron chi connectivity index (χ0n) is 11.9. The van der Waals surface area contributed by atoms with Crippen LogP contribution in [-0.2, 0) is 6.54 Å². The van der Waals surface area contributed by atoms with Gasteiger partial charge in [0.2, 0.25) is 0 Å². The van der Waals surface area contributed by atoms with E-state index in [1.54, 1.807) is 0 Å². The van der Waals surface area contributed by atoms with Crippen LogP contribution >= 0.6 is 0 Å². The second-order valence-electron chi connectivity index (χ2n) is 5.73. The molecule has 2 rings (SSSR count). The zero-order chi connectivity index (χ0) is 13.0. The van der Waals surface area contributed by atoms with Crippen molar-refractivity contribution in [3.8, 4) is 0 Å². The minimum absolute atomic E-state index is 0.490. The van der Waals surface area contributed by atoms with Crippen LogP contribution in [0.1, 0.15) is 44.8 Å². The molecule has 1 N–H and O–H groups in total. The van der Waals surface area contributed by atoms with Gasteiger partial charge in [-0.05, 0) is 40.3 Å². The van der Waals surface area contributed by atoms with Gasteiger partial charge < -0.3 is 9.88 Å². The summed E-state index contributed by atoms with van der Waals surface area (Å²) in [5.74, 6) is 0. The lowest BCUT2D eigenvalue weighted by Gasteiger charge is -2.28. The van der Waals surface area contributed by atoms with Gasteiger partial charge >= 0.3 is 0 Å². The van der Waals surface area contributed by atoms with Gasteiger partial charge in [0.05, 0.1) is 12.0 Å². The first-order chi connectivity index (χ1) is 8.66. The highest BCUT2D eigenvalue weighted by atomic mass is 15.2. The molecule has 0 saturated carbocycles. The van der Waals surface area contributed by atoms with E-state index in [-0.39, 0.29) is 0 Å². The van der Waals surface area contributed by atoms with Gasteiger partial charge in [0.1, 0.15) is 0 Å². The monoisotopic (exact) mass is 250 g/mol. The standard InChI is InChI=1S/C14H26N4/c1-12(2)18-11-15-8-14(18)10-17(3)9-13-6-4-5-7-16-13/h8,11-13,16H,4-7,9-10H2,1-3H3. The normalized spacial score (nSPS) is 20.8. The minimum Gasteiger partial charge on any atom is -0.331 e. The fourth-order valence-electron chi connectivity index (χ4n) is 2.72. The molecule has 4 nitrogen and oxygen atoms in total. The minimum atomic E-state index is 0.490. The molecule has 1 atom stereocenters. The van der Waals surface area contributed by atoms with Crippen molar-refractivity contribution in [1.82, 2.24) is 19.8 Å². The first-order valence-electron chi connectivity index (χ1n) is 7.09. The number of rotatable bonds is 5. The van der Waals surface area contributed by atoms with Gasteiger partial charge in [-0.3, -0.25) is 4.90 Å². The van der Waals surface area contributed by atoms with Gasteiger partial charge in [0.15, 0.2) is 0 Å². The number of piperidine rings is 1. The van der Waals surface area contributed by atoms with Crippen molar-refractivity contribution in [2.24, 2.45) is 0 Å². The van der Waals surface area contributed by atoms with Gasteiger partial charge in [0, 0.05) is 31.4 Å². The summed E-state index contributed by atoms with van der Waals surface area (Å²) < 4.78 is 2.25. The molecular weight excluding hydrogens is 224 g/mol. The summed E-state index contributed by atoms with van der Waals surface area (Å²) in [7, 11) is 2.20. The SMILES string of the molecule is CC(C)n1cncc1CN(C)CC1CCCCN1. The van der Waals surface area contributed by atoms with Crippen molar-refractivity contribution >= 4 is 0 Å². The van der Waals surface area contributed by atoms with E-state index in [0.29, 0.717) is 12.1 Å². The summed E-state index contributed by atoms with van der Waals surface area (Å²) in [6.45, 7) is 7.70. The molecule has 1 aliphatic rings. The fraction of sp³-hybridized carbons (Fsp3) is 0.786. The Balaban J connectivity index is 1.86. The molecule has 1 saturated heterocycles. The Labute approximate surface area is 110 Å². The van der Waals surface area contributed by atoms with Gasteiger partial charge in [-0.1, -0.05) is 6.42 Å². The second-order valence-corrected chi connectivity index (χ2v) is 5.73. The lowest BCUT2D eigenvalue weighted by atomic mass is 10.0. The quantitative estimate of drug-likeness (QED) is 0.868. The number of nitrogens with one attached hydrogen (secondary N) is 1. The lowest BCUT2D eigenvalue weighted by Crippen LogP contribution is -2.42. The van der Waals surface area contributed by atoms with Gasteiger partial charge in [-0.2, -0.15) is 0 Å². The molecule has 18 heavy (non-hydrogen) atoms. The topological polar surface area (TPSA) is 33.1 Å². The molecule has 0 aromatic carbocycles. The average Bonchev–Trinajstić information content (AvgIpc) is 2.78. The van der Waals surface area contributed by atoms with E-state index in [9.17, 15) is 0 Å². The Morgan fingerprint density at radius 3 is 3.00 bits per heavy atom. The smallest absolute Gasteiger partial charge is 0.0951 e. The summed E-state index contributed by atoms with van der Waals surface area (Å²) in [4.78, 5) is 6.67. The maximum Gasteiger partial charge on any atom is 0.0951 e. The number of nitrogens with zero attached hydrogens (tertiary/aromatic N) is 3. The fourth-order valence-corrected chi connectivity index (χ4v) is 2.72. The molecular formula is C14H26N4. The highest BCUT2D eigenvalue weighted by Crippen LogP contribution is 2.12. The molecule has 2 heterocycles. The molecule has 0 aliphatic carbocycles. The number of hydrogen-bond acceptors (Lipinski definition) is 3. The summed E-state index contributed by atoms with van der Waals surface area (Å²) >= 11 is 0. The molecule has 1 fully saturated rings. The first-order valence-corrected chi connectivity index (χ1v) is 7.09. The highest BCUT2D eigenvalue weighted by Gasteiger charge is 2.15. The predicted octanol–water partition coefficient (Wildman–Crippen LogP) is 2.04. The Bertz CT molecular complexity index is 352. The third-order valence-electron chi connectivity index (χ3n) is 3.68. The number of likely N-dealkylation sites (N-methyl/N-ethyl adjacent to an activating group) is 1. The third kappa shape index (κ3) is 3.56. The molecule has 0 amide bonds. The maximum absolute atomic E-state index is 4.26. The Hall–Kier alpha value is -0.870. The largest absolute Gasteiger partial charge is 0.331 e. The van der Waals surface area contributed by atoms with Crippen LogP contribution in [0.3, 0.4) is 0 Å². The molecule has 4 heteroatoms. The van der Waals surface area contributed by atoms with E-state index in [2.05, 4.69) is 40.7 Å². The molecule has 0 radical (unpaired) electrons. The molecule has 0 spiro atoms. The molecule has 1 unspecified atom stereocenters. The Morgan fingerprint density at radius 2 is 2.33 bits per heavy atom. The molecule has 0 bridgehead atoms. The van der Waals surface area contributed by atoms with Gasteiger partial charge in [0.25, 0.3) is 0 Å². The average molecular weight is 250 g/mol. The third-order valence-corrected chi connectivity index (χ3v) is 3.68. The van der Waals surface area contributed by atoms with Crippen molar-refractivity contribution in [3.63, 3.8) is 0 Å². The first kappa shape index (κ1) is 13.6. The number of hydrogen-bond donors (Lipinski definition) is 1. The van der Waals surface area contributed by atoms with Gasteiger partial charge in [-0.15, -0.1) is 0 Å². The van der Waals surface area contributed by atoms with Crippen LogP contribution in [0.15, 0.2) is 12.5 Å². The van der Waals surface area contributed by atoms with E-state index in [1.165, 1.54) is 31.5 Å². The van der Waals surface area contributed by atoms with Crippen molar-refractivity contribution in [2.45, 2.75) is 51.7 Å². The van der Waals surface area contributed by atoms with Crippen molar-refractivity contribution in [1.29, 1.82) is 0 Å². The summed E-state index contributed by atoms with van der Waals surface area (Å²) in [6, 6.07) is 1.16. The second kappa shape index (κ2) is 6.34. The lowest BCUT2D eigenvalue weighted by molar-refractivity contribution is 0.251. The summed E-state index contributed by atoms with van der Waals surface area (Å²) in [5.41, 5.74) is 1.31. The van der Waals surface area contributed by atoms with E-state index in [1.807, 2.05) is 12.5 Å². The van der Waals surface area contributed by atoms with E-state index in [0.717, 1.165) is 13.1 Å². The van der Waals surface area contributed by atoms with Crippen molar-refractivity contribution < 1.29 is 0 Å². The predicted molar refractivity (Wildman–Crippen MR) is 74.6 cm³/mol. The number of aromatic nitrogens is 2. The maximum atomic E-state index is 4.26. The van der Waals surface area contributed by atoms with E-state index >= 15 is 0 Å². The highest BCUT2D eigenvalue weighted by molar-refractivity contribution is 4.99. The molecule has 1 aromatic rings. The van der Waals surface area contributed by atoms with Crippen molar-refractivity contribution in [2.75, 3.05) is 20.1 Å². The van der Waals surface area contributed by atoms with Crippen LogP contribution in [0.4, 0.5) is 0 Å². The van der Waals surface area contributed by atoms with E-state index < -0.39 is 0 Å². The molecule has 102 valence electrons. The van der Waals surface area contributed by atoms with E-state index in [4.69, 9.17) is 0 Å². The van der Waals surface area contributed by atoms with Crippen LogP contribution < -0.4 is 5.32 Å². The molecule has 1 aliphatic heterocycles. The van der Waals surface area contributed by atoms with Crippen LogP contribution in [0, 0.1) is 0 Å². The summed E-state index contributed by atoms with van der Waals surface area (Å²) in [5, 5.41) is 3.60. The van der Waals surface area contributed by atoms with Crippen molar-refractivity contribution in [3.05, 3.63) is 18.2 Å². The van der Waals surface area contributed by atoms with Crippen LogP contribution in [0.5, 0.6) is 0 Å². The van der Waals surface area contributed by atoms with Gasteiger partial charge in [-0.25, -0.2) is 4.98 Å². The van der Waals surface area contributed by atoms with Crippen LogP contribution in [-0.4, -0.2) is 40.6 Å². The Kier molecular flexibility index (Phi) is 4.78. The van der Waals surface area contributed by atoms with Crippen LogP contribution in [0.2, 0.25) is 0 Å². The van der Waals surface area contributed by atoms with Crippen LogP contribution in [0.25, 0.3) is 0 Å².